The van der Waals surface area contributed by atoms with Crippen molar-refractivity contribution in [2.45, 2.75) is 20.3 Å². The van der Waals surface area contributed by atoms with Gasteiger partial charge in [-0.3, -0.25) is 0 Å². The molecule has 0 heterocycles. The Labute approximate surface area is 85.0 Å². The molecule has 0 aliphatic rings. The highest BCUT2D eigenvalue weighted by molar-refractivity contribution is 7.80. The van der Waals surface area contributed by atoms with Gasteiger partial charge in [-0.2, -0.15) is 0 Å². The molecular weight excluding hydrogens is 178 g/mol. The van der Waals surface area contributed by atoms with Gasteiger partial charge in [0.05, 0.1) is 4.99 Å². The van der Waals surface area contributed by atoms with Gasteiger partial charge in [0.2, 0.25) is 0 Å². The minimum Gasteiger partial charge on any atom is -0.393 e. The van der Waals surface area contributed by atoms with Crippen molar-refractivity contribution in [1.82, 2.24) is 0 Å². The Kier molecular flexibility index (Phi) is 3.43. The van der Waals surface area contributed by atoms with Gasteiger partial charge in [0.25, 0.3) is 0 Å². The van der Waals surface area contributed by atoms with E-state index in [1.807, 2.05) is 0 Å². The lowest BCUT2D eigenvalue weighted by atomic mass is 10.0. The molecule has 0 bridgehead atoms. The predicted octanol–water partition coefficient (Wildman–Crippen LogP) is 2.46. The fourth-order valence-electron chi connectivity index (χ4n) is 1.18. The number of rotatable bonds is 3. The molecule has 1 aromatic carbocycles. The molecule has 0 fully saturated rings. The van der Waals surface area contributed by atoms with Crippen molar-refractivity contribution in [3.8, 4) is 0 Å². The number of aryl methyl sites for hydroxylation is 1. The Balaban J connectivity index is 2.64. The van der Waals surface area contributed by atoms with Crippen LogP contribution in [0.5, 0.6) is 0 Å². The molecular formula is C11H15NS. The third kappa shape index (κ3) is 3.15. The lowest BCUT2D eigenvalue weighted by molar-refractivity contribution is 0.771. The van der Waals surface area contributed by atoms with Gasteiger partial charge in [-0.1, -0.05) is 49.0 Å². The van der Waals surface area contributed by atoms with Gasteiger partial charge in [0.15, 0.2) is 0 Å². The van der Waals surface area contributed by atoms with Gasteiger partial charge >= 0.3 is 0 Å². The van der Waals surface area contributed by atoms with E-state index >= 15 is 0 Å². The van der Waals surface area contributed by atoms with Crippen LogP contribution in [-0.2, 0) is 6.42 Å². The Morgan fingerprint density at radius 3 is 2.38 bits per heavy atom. The van der Waals surface area contributed by atoms with Crippen molar-refractivity contribution in [2.24, 2.45) is 11.7 Å². The lowest BCUT2D eigenvalue weighted by Gasteiger charge is -2.09. The van der Waals surface area contributed by atoms with Crippen molar-refractivity contribution in [2.75, 3.05) is 0 Å². The monoisotopic (exact) mass is 193 g/mol. The fourth-order valence-corrected chi connectivity index (χ4v) is 1.26. The normalized spacial score (nSPS) is 12.5. The Bertz CT molecular complexity index is 289. The molecule has 0 radical (unpaired) electrons. The number of hydrogen-bond acceptors (Lipinski definition) is 1. The summed E-state index contributed by atoms with van der Waals surface area (Å²) in [6, 6.07) is 8.48. The van der Waals surface area contributed by atoms with Gasteiger partial charge < -0.3 is 5.73 Å². The average Bonchev–Trinajstić information content (AvgIpc) is 2.08. The highest BCUT2D eigenvalue weighted by Gasteiger charge is 2.05. The smallest absolute Gasteiger partial charge is 0.0759 e. The summed E-state index contributed by atoms with van der Waals surface area (Å²) in [5.74, 6) is 0.290. The highest BCUT2D eigenvalue weighted by Crippen LogP contribution is 2.09. The minimum atomic E-state index is 0.290. The van der Waals surface area contributed by atoms with Gasteiger partial charge in [0, 0.05) is 5.92 Å². The summed E-state index contributed by atoms with van der Waals surface area (Å²) in [5, 5.41) is 0. The molecule has 1 rings (SSSR count). The molecule has 70 valence electrons. The Morgan fingerprint density at radius 1 is 1.38 bits per heavy atom. The molecule has 13 heavy (non-hydrogen) atoms. The summed E-state index contributed by atoms with van der Waals surface area (Å²) >= 11 is 4.92. The van der Waals surface area contributed by atoms with E-state index in [4.69, 9.17) is 18.0 Å². The van der Waals surface area contributed by atoms with Crippen molar-refractivity contribution in [3.05, 3.63) is 35.4 Å². The number of nitrogens with two attached hydrogens (primary N) is 1. The van der Waals surface area contributed by atoms with Crippen LogP contribution >= 0.6 is 12.2 Å². The van der Waals surface area contributed by atoms with Crippen LogP contribution in [0.25, 0.3) is 0 Å². The fraction of sp³-hybridized carbons (Fsp3) is 0.364. The van der Waals surface area contributed by atoms with Crippen LogP contribution in [-0.4, -0.2) is 4.99 Å². The summed E-state index contributed by atoms with van der Waals surface area (Å²) in [4.78, 5) is 0.598. The first kappa shape index (κ1) is 10.2. The third-order valence-corrected chi connectivity index (χ3v) is 2.55. The molecule has 0 amide bonds. The van der Waals surface area contributed by atoms with E-state index in [9.17, 15) is 0 Å². The maximum Gasteiger partial charge on any atom is 0.0759 e. The first-order chi connectivity index (χ1) is 6.09. The molecule has 2 heteroatoms. The van der Waals surface area contributed by atoms with Crippen molar-refractivity contribution in [1.29, 1.82) is 0 Å². The number of benzene rings is 1. The van der Waals surface area contributed by atoms with Crippen LogP contribution in [0.15, 0.2) is 24.3 Å². The SMILES string of the molecule is Cc1ccc(CC(C)C(N)=S)cc1. The summed E-state index contributed by atoms with van der Waals surface area (Å²) in [6.07, 6.45) is 0.940. The van der Waals surface area contributed by atoms with Crippen molar-refractivity contribution in [3.63, 3.8) is 0 Å². The maximum absolute atomic E-state index is 5.55. The van der Waals surface area contributed by atoms with Crippen LogP contribution < -0.4 is 5.73 Å². The van der Waals surface area contributed by atoms with E-state index in [1.165, 1.54) is 11.1 Å². The Hall–Kier alpha value is -0.890. The molecule has 0 saturated carbocycles. The van der Waals surface area contributed by atoms with Crippen LogP contribution in [0.2, 0.25) is 0 Å². The number of hydrogen-bond donors (Lipinski definition) is 1. The lowest BCUT2D eigenvalue weighted by Crippen LogP contribution is -2.20. The van der Waals surface area contributed by atoms with Gasteiger partial charge in [-0.05, 0) is 18.9 Å². The molecule has 1 unspecified atom stereocenters. The summed E-state index contributed by atoms with van der Waals surface area (Å²) in [6.45, 7) is 4.14. The van der Waals surface area contributed by atoms with Gasteiger partial charge in [0.1, 0.15) is 0 Å². The second kappa shape index (κ2) is 4.38. The molecule has 0 aliphatic heterocycles. The second-order valence-electron chi connectivity index (χ2n) is 3.49. The third-order valence-electron chi connectivity index (χ3n) is 2.15. The summed E-state index contributed by atoms with van der Waals surface area (Å²) in [7, 11) is 0. The van der Waals surface area contributed by atoms with E-state index in [2.05, 4.69) is 38.1 Å². The average molecular weight is 193 g/mol. The zero-order chi connectivity index (χ0) is 9.84. The van der Waals surface area contributed by atoms with Crippen LogP contribution in [0.1, 0.15) is 18.1 Å². The topological polar surface area (TPSA) is 26.0 Å². The van der Waals surface area contributed by atoms with Crippen LogP contribution in [0, 0.1) is 12.8 Å². The van der Waals surface area contributed by atoms with E-state index < -0.39 is 0 Å². The molecule has 0 aromatic heterocycles. The molecule has 0 spiro atoms. The van der Waals surface area contributed by atoms with Gasteiger partial charge in [-0.15, -0.1) is 0 Å². The molecule has 1 nitrogen and oxygen atoms in total. The summed E-state index contributed by atoms with van der Waals surface area (Å²) in [5.41, 5.74) is 8.13. The zero-order valence-electron chi connectivity index (χ0n) is 8.08. The standard InChI is InChI=1S/C11H15NS/c1-8-3-5-10(6-4-8)7-9(2)11(12)13/h3-6,9H,7H2,1-2H3,(H2,12,13). The molecule has 0 saturated heterocycles. The number of thiocarbonyl (C=S) groups is 1. The van der Waals surface area contributed by atoms with Gasteiger partial charge in [-0.25, -0.2) is 0 Å². The zero-order valence-corrected chi connectivity index (χ0v) is 8.90. The van der Waals surface area contributed by atoms with Crippen LogP contribution in [0.4, 0.5) is 0 Å². The molecule has 1 atom stereocenters. The highest BCUT2D eigenvalue weighted by atomic mass is 32.1. The van der Waals surface area contributed by atoms with Crippen molar-refractivity contribution >= 4 is 17.2 Å². The van der Waals surface area contributed by atoms with Crippen molar-refractivity contribution < 1.29 is 0 Å². The Morgan fingerprint density at radius 2 is 1.92 bits per heavy atom. The maximum atomic E-state index is 5.55. The minimum absolute atomic E-state index is 0.290. The predicted molar refractivity (Wildman–Crippen MR) is 60.8 cm³/mol. The molecule has 1 aromatic rings. The second-order valence-corrected chi connectivity index (χ2v) is 3.96. The van der Waals surface area contributed by atoms with E-state index in [0.717, 1.165) is 6.42 Å². The largest absolute Gasteiger partial charge is 0.393 e. The van der Waals surface area contributed by atoms with E-state index in [1.54, 1.807) is 0 Å². The molecule has 0 aliphatic carbocycles. The van der Waals surface area contributed by atoms with E-state index in [-0.39, 0.29) is 5.92 Å². The molecule has 2 N–H and O–H groups in total. The van der Waals surface area contributed by atoms with E-state index in [0.29, 0.717) is 4.99 Å². The summed E-state index contributed by atoms with van der Waals surface area (Å²) < 4.78 is 0. The first-order valence-electron chi connectivity index (χ1n) is 4.44. The quantitative estimate of drug-likeness (QED) is 0.746. The van der Waals surface area contributed by atoms with Crippen LogP contribution in [0.3, 0.4) is 0 Å². The first-order valence-corrected chi connectivity index (χ1v) is 4.85.